The Balaban J connectivity index is 1.60. The second-order valence-electron chi connectivity index (χ2n) is 7.00. The molecular formula is C20H29NO2. The number of carbonyl (C=O) groups is 1. The average Bonchev–Trinajstić information content (AvgIpc) is 2.60. The first kappa shape index (κ1) is 16.4. The molecule has 1 saturated carbocycles. The van der Waals surface area contributed by atoms with Crippen molar-refractivity contribution in [3.05, 3.63) is 29.3 Å². The third-order valence-electron chi connectivity index (χ3n) is 5.21. The van der Waals surface area contributed by atoms with E-state index in [0.717, 1.165) is 25.0 Å². The zero-order valence-corrected chi connectivity index (χ0v) is 14.3. The molecule has 23 heavy (non-hydrogen) atoms. The van der Waals surface area contributed by atoms with Crippen LogP contribution in [0, 0.1) is 0 Å². The number of fused-ring (bicyclic) bond motifs is 1. The number of benzene rings is 1. The van der Waals surface area contributed by atoms with Gasteiger partial charge in [0.15, 0.2) is 6.10 Å². The average molecular weight is 315 g/mol. The van der Waals surface area contributed by atoms with E-state index in [1.807, 2.05) is 13.0 Å². The molecule has 1 aromatic carbocycles. The van der Waals surface area contributed by atoms with Crippen LogP contribution in [-0.2, 0) is 17.6 Å². The maximum absolute atomic E-state index is 12.5. The molecule has 0 bridgehead atoms. The summed E-state index contributed by atoms with van der Waals surface area (Å²) in [5.41, 5.74) is 2.85. The minimum absolute atomic E-state index is 0.0529. The summed E-state index contributed by atoms with van der Waals surface area (Å²) in [6.07, 6.45) is 11.2. The minimum Gasteiger partial charge on any atom is -0.481 e. The van der Waals surface area contributed by atoms with Gasteiger partial charge < -0.3 is 10.1 Å². The zero-order chi connectivity index (χ0) is 16.1. The highest BCUT2D eigenvalue weighted by Gasteiger charge is 2.23. The highest BCUT2D eigenvalue weighted by Crippen LogP contribution is 2.26. The molecule has 0 spiro atoms. The van der Waals surface area contributed by atoms with Crippen molar-refractivity contribution in [3.63, 3.8) is 0 Å². The van der Waals surface area contributed by atoms with Crippen LogP contribution in [0.3, 0.4) is 0 Å². The maximum Gasteiger partial charge on any atom is 0.261 e. The van der Waals surface area contributed by atoms with Crippen LogP contribution in [0.25, 0.3) is 0 Å². The Hall–Kier alpha value is -1.51. The molecule has 2 aliphatic rings. The molecule has 2 aliphatic carbocycles. The molecule has 0 saturated heterocycles. The second-order valence-corrected chi connectivity index (χ2v) is 7.00. The molecule has 1 atom stereocenters. The molecule has 1 unspecified atom stereocenters. The molecule has 1 fully saturated rings. The van der Waals surface area contributed by atoms with Crippen molar-refractivity contribution in [2.75, 3.05) is 0 Å². The van der Waals surface area contributed by atoms with E-state index in [-0.39, 0.29) is 12.0 Å². The highest BCUT2D eigenvalue weighted by atomic mass is 16.5. The summed E-state index contributed by atoms with van der Waals surface area (Å²) in [6.45, 7) is 2.02. The Bertz CT molecular complexity index is 534. The fraction of sp³-hybridized carbons (Fsp3) is 0.650. The van der Waals surface area contributed by atoms with Crippen LogP contribution in [0.1, 0.15) is 69.4 Å². The van der Waals surface area contributed by atoms with Crippen LogP contribution in [0.15, 0.2) is 18.2 Å². The summed E-state index contributed by atoms with van der Waals surface area (Å²) in [5, 5.41) is 3.19. The van der Waals surface area contributed by atoms with Gasteiger partial charge in [0.05, 0.1) is 0 Å². The van der Waals surface area contributed by atoms with Crippen molar-refractivity contribution >= 4 is 5.91 Å². The van der Waals surface area contributed by atoms with Gasteiger partial charge in [0.2, 0.25) is 0 Å². The summed E-state index contributed by atoms with van der Waals surface area (Å²) < 4.78 is 6.02. The quantitative estimate of drug-likeness (QED) is 0.885. The predicted octanol–water partition coefficient (Wildman–Crippen LogP) is 4.17. The summed E-state index contributed by atoms with van der Waals surface area (Å²) >= 11 is 0. The number of ether oxygens (including phenoxy) is 1. The molecule has 1 N–H and O–H groups in total. The third-order valence-corrected chi connectivity index (χ3v) is 5.21. The number of amides is 1. The van der Waals surface area contributed by atoms with Gasteiger partial charge in [-0.2, -0.15) is 0 Å². The van der Waals surface area contributed by atoms with Crippen LogP contribution in [0.4, 0.5) is 0 Å². The van der Waals surface area contributed by atoms with E-state index in [0.29, 0.717) is 12.5 Å². The van der Waals surface area contributed by atoms with E-state index in [1.54, 1.807) is 0 Å². The third kappa shape index (κ3) is 4.27. The lowest BCUT2D eigenvalue weighted by Crippen LogP contribution is -2.44. The van der Waals surface area contributed by atoms with Gasteiger partial charge >= 0.3 is 0 Å². The van der Waals surface area contributed by atoms with E-state index in [2.05, 4.69) is 17.4 Å². The van der Waals surface area contributed by atoms with Crippen molar-refractivity contribution < 1.29 is 9.53 Å². The summed E-state index contributed by atoms with van der Waals surface area (Å²) in [7, 11) is 0. The molecule has 1 aromatic rings. The molecule has 0 heterocycles. The van der Waals surface area contributed by atoms with Crippen LogP contribution in [0.2, 0.25) is 0 Å². The summed E-state index contributed by atoms with van der Waals surface area (Å²) in [5.74, 6) is 0.897. The maximum atomic E-state index is 12.5. The fourth-order valence-corrected chi connectivity index (χ4v) is 3.81. The van der Waals surface area contributed by atoms with Gasteiger partial charge in [-0.1, -0.05) is 32.3 Å². The molecule has 3 heteroatoms. The van der Waals surface area contributed by atoms with Crippen LogP contribution >= 0.6 is 0 Å². The largest absolute Gasteiger partial charge is 0.481 e. The van der Waals surface area contributed by atoms with Gasteiger partial charge in [-0.3, -0.25) is 4.79 Å². The van der Waals surface area contributed by atoms with Crippen LogP contribution < -0.4 is 10.1 Å². The number of carbonyl (C=O) groups excluding carboxylic acids is 1. The number of nitrogens with one attached hydrogen (secondary N) is 1. The van der Waals surface area contributed by atoms with Crippen molar-refractivity contribution in [2.24, 2.45) is 0 Å². The molecule has 126 valence electrons. The summed E-state index contributed by atoms with van der Waals surface area (Å²) in [6, 6.07) is 6.69. The SMILES string of the molecule is CCC(Oc1ccc2c(c1)CCCC2)C(=O)NC1CCCCC1. The molecule has 0 aromatic heterocycles. The van der Waals surface area contributed by atoms with Gasteiger partial charge in [-0.25, -0.2) is 0 Å². The van der Waals surface area contributed by atoms with E-state index in [4.69, 9.17) is 4.74 Å². The van der Waals surface area contributed by atoms with Crippen LogP contribution in [0.5, 0.6) is 5.75 Å². The lowest BCUT2D eigenvalue weighted by Gasteiger charge is -2.26. The first-order chi connectivity index (χ1) is 11.3. The first-order valence-electron chi connectivity index (χ1n) is 9.35. The topological polar surface area (TPSA) is 38.3 Å². The monoisotopic (exact) mass is 315 g/mol. The van der Waals surface area contributed by atoms with E-state index in [1.165, 1.54) is 49.7 Å². The summed E-state index contributed by atoms with van der Waals surface area (Å²) in [4.78, 5) is 12.5. The Labute approximate surface area is 139 Å². The van der Waals surface area contributed by atoms with E-state index < -0.39 is 0 Å². The molecular weight excluding hydrogens is 286 g/mol. The van der Waals surface area contributed by atoms with Crippen LogP contribution in [-0.4, -0.2) is 18.1 Å². The van der Waals surface area contributed by atoms with Crippen molar-refractivity contribution in [1.29, 1.82) is 0 Å². The second kappa shape index (κ2) is 7.85. The number of rotatable bonds is 5. The Morgan fingerprint density at radius 3 is 2.61 bits per heavy atom. The fourth-order valence-electron chi connectivity index (χ4n) is 3.81. The Kier molecular flexibility index (Phi) is 5.58. The molecule has 1 amide bonds. The van der Waals surface area contributed by atoms with E-state index in [9.17, 15) is 4.79 Å². The van der Waals surface area contributed by atoms with E-state index >= 15 is 0 Å². The molecule has 3 rings (SSSR count). The van der Waals surface area contributed by atoms with Gasteiger partial charge in [-0.05, 0) is 68.2 Å². The molecule has 0 aliphatic heterocycles. The number of hydrogen-bond donors (Lipinski definition) is 1. The lowest BCUT2D eigenvalue weighted by atomic mass is 9.92. The van der Waals surface area contributed by atoms with Crippen molar-refractivity contribution in [2.45, 2.75) is 83.3 Å². The van der Waals surface area contributed by atoms with Gasteiger partial charge in [0, 0.05) is 6.04 Å². The first-order valence-corrected chi connectivity index (χ1v) is 9.35. The minimum atomic E-state index is -0.376. The highest BCUT2D eigenvalue weighted by molar-refractivity contribution is 5.81. The normalized spacial score (nSPS) is 19.7. The molecule has 0 radical (unpaired) electrons. The van der Waals surface area contributed by atoms with Crippen molar-refractivity contribution in [1.82, 2.24) is 5.32 Å². The lowest BCUT2D eigenvalue weighted by molar-refractivity contribution is -0.129. The van der Waals surface area contributed by atoms with Gasteiger partial charge in [0.1, 0.15) is 5.75 Å². The number of aryl methyl sites for hydroxylation is 2. The smallest absolute Gasteiger partial charge is 0.261 e. The van der Waals surface area contributed by atoms with Crippen molar-refractivity contribution in [3.8, 4) is 5.75 Å². The molecule has 3 nitrogen and oxygen atoms in total. The van der Waals surface area contributed by atoms with Gasteiger partial charge in [-0.15, -0.1) is 0 Å². The number of hydrogen-bond acceptors (Lipinski definition) is 2. The predicted molar refractivity (Wildman–Crippen MR) is 92.8 cm³/mol. The Morgan fingerprint density at radius 1 is 1.13 bits per heavy atom. The Morgan fingerprint density at radius 2 is 1.87 bits per heavy atom. The zero-order valence-electron chi connectivity index (χ0n) is 14.3. The van der Waals surface area contributed by atoms with Gasteiger partial charge in [0.25, 0.3) is 5.91 Å². The standard InChI is InChI=1S/C20H29NO2/c1-2-19(20(22)21-17-10-4-3-5-11-17)23-18-13-12-15-8-6-7-9-16(15)14-18/h12-14,17,19H,2-11H2,1H3,(H,21,22).